The van der Waals surface area contributed by atoms with Crippen molar-refractivity contribution in [3.63, 3.8) is 0 Å². The molecule has 0 aliphatic heterocycles. The van der Waals surface area contributed by atoms with Crippen LogP contribution in [0.4, 0.5) is 5.69 Å². The number of nitrogens with one attached hydrogen (secondary N) is 1. The Morgan fingerprint density at radius 2 is 2.10 bits per heavy atom. The standard InChI is InChI=1S/C18H24N2S/c1-12-6-4-9-17(13(12)2)20-16-8-5-7-15(10-16)18-11-21-14(3)19-18/h5,7-8,10-13,17,20H,4,6,9H2,1-3H3. The predicted molar refractivity (Wildman–Crippen MR) is 91.9 cm³/mol. The van der Waals surface area contributed by atoms with Crippen LogP contribution in [0.15, 0.2) is 29.6 Å². The van der Waals surface area contributed by atoms with Crippen LogP contribution in [0.5, 0.6) is 0 Å². The van der Waals surface area contributed by atoms with Crippen molar-refractivity contribution in [2.24, 2.45) is 11.8 Å². The number of benzene rings is 1. The van der Waals surface area contributed by atoms with Crippen molar-refractivity contribution in [1.82, 2.24) is 4.98 Å². The van der Waals surface area contributed by atoms with Gasteiger partial charge in [0.25, 0.3) is 0 Å². The molecule has 1 aliphatic rings. The fraction of sp³-hybridized carbons (Fsp3) is 0.500. The van der Waals surface area contributed by atoms with Gasteiger partial charge in [0.15, 0.2) is 0 Å². The number of aromatic nitrogens is 1. The Morgan fingerprint density at radius 3 is 2.86 bits per heavy atom. The number of aryl methyl sites for hydroxylation is 1. The molecule has 112 valence electrons. The quantitative estimate of drug-likeness (QED) is 0.826. The van der Waals surface area contributed by atoms with Crippen LogP contribution in [0, 0.1) is 18.8 Å². The number of hydrogen-bond acceptors (Lipinski definition) is 3. The average molecular weight is 300 g/mol. The summed E-state index contributed by atoms with van der Waals surface area (Å²) in [6.07, 6.45) is 4.00. The van der Waals surface area contributed by atoms with Crippen molar-refractivity contribution in [3.8, 4) is 11.3 Å². The molecule has 3 atom stereocenters. The lowest BCUT2D eigenvalue weighted by Crippen LogP contribution is -2.34. The first-order chi connectivity index (χ1) is 10.1. The van der Waals surface area contributed by atoms with E-state index in [1.165, 1.54) is 30.5 Å². The van der Waals surface area contributed by atoms with Crippen molar-refractivity contribution < 1.29 is 0 Å². The largest absolute Gasteiger partial charge is 0.382 e. The van der Waals surface area contributed by atoms with E-state index in [1.54, 1.807) is 11.3 Å². The van der Waals surface area contributed by atoms with Crippen molar-refractivity contribution in [1.29, 1.82) is 0 Å². The third kappa shape index (κ3) is 3.29. The normalized spacial score (nSPS) is 25.8. The van der Waals surface area contributed by atoms with E-state index >= 15 is 0 Å². The van der Waals surface area contributed by atoms with Gasteiger partial charge in [0.05, 0.1) is 10.7 Å². The Balaban J connectivity index is 1.77. The second-order valence-electron chi connectivity index (χ2n) is 6.35. The topological polar surface area (TPSA) is 24.9 Å². The molecular formula is C18H24N2S. The van der Waals surface area contributed by atoms with Crippen LogP contribution in [0.1, 0.15) is 38.1 Å². The summed E-state index contributed by atoms with van der Waals surface area (Å²) in [4.78, 5) is 4.59. The van der Waals surface area contributed by atoms with E-state index in [-0.39, 0.29) is 0 Å². The Labute approximate surface area is 131 Å². The minimum atomic E-state index is 0.598. The molecule has 21 heavy (non-hydrogen) atoms. The van der Waals surface area contributed by atoms with Gasteiger partial charge in [-0.15, -0.1) is 11.3 Å². The number of nitrogens with zero attached hydrogens (tertiary/aromatic N) is 1. The zero-order valence-electron chi connectivity index (χ0n) is 13.1. The number of thiazole rings is 1. The van der Waals surface area contributed by atoms with E-state index in [4.69, 9.17) is 0 Å². The highest BCUT2D eigenvalue weighted by molar-refractivity contribution is 7.09. The van der Waals surface area contributed by atoms with E-state index in [0.717, 1.165) is 22.5 Å². The molecule has 2 nitrogen and oxygen atoms in total. The molecule has 1 fully saturated rings. The van der Waals surface area contributed by atoms with Crippen molar-refractivity contribution in [3.05, 3.63) is 34.7 Å². The molecule has 1 aromatic carbocycles. The van der Waals surface area contributed by atoms with Gasteiger partial charge >= 0.3 is 0 Å². The highest BCUT2D eigenvalue weighted by Gasteiger charge is 2.26. The first-order valence-corrected chi connectivity index (χ1v) is 8.80. The van der Waals surface area contributed by atoms with Crippen LogP contribution < -0.4 is 5.32 Å². The fourth-order valence-corrected chi connectivity index (χ4v) is 3.89. The van der Waals surface area contributed by atoms with Crippen LogP contribution >= 0.6 is 11.3 Å². The van der Waals surface area contributed by atoms with Gasteiger partial charge in [-0.05, 0) is 37.3 Å². The van der Waals surface area contributed by atoms with E-state index in [0.29, 0.717) is 6.04 Å². The van der Waals surface area contributed by atoms with E-state index < -0.39 is 0 Å². The number of hydrogen-bond donors (Lipinski definition) is 1. The van der Waals surface area contributed by atoms with Gasteiger partial charge in [-0.3, -0.25) is 0 Å². The first kappa shape index (κ1) is 14.6. The SMILES string of the molecule is Cc1nc(-c2cccc(NC3CCCC(C)C3C)c2)cs1. The van der Waals surface area contributed by atoms with Crippen molar-refractivity contribution >= 4 is 17.0 Å². The van der Waals surface area contributed by atoms with Gasteiger partial charge in [-0.2, -0.15) is 0 Å². The molecule has 1 N–H and O–H groups in total. The van der Waals surface area contributed by atoms with Crippen LogP contribution in [-0.2, 0) is 0 Å². The lowest BCUT2D eigenvalue weighted by Gasteiger charge is -2.35. The Kier molecular flexibility index (Phi) is 4.29. The summed E-state index contributed by atoms with van der Waals surface area (Å²) in [6.45, 7) is 6.82. The summed E-state index contributed by atoms with van der Waals surface area (Å²) in [6, 6.07) is 9.28. The summed E-state index contributed by atoms with van der Waals surface area (Å²) < 4.78 is 0. The maximum atomic E-state index is 4.59. The van der Waals surface area contributed by atoms with Crippen LogP contribution in [-0.4, -0.2) is 11.0 Å². The third-order valence-corrected chi connectivity index (χ3v) is 5.61. The van der Waals surface area contributed by atoms with Crippen LogP contribution in [0.3, 0.4) is 0 Å². The fourth-order valence-electron chi connectivity index (χ4n) is 3.26. The Morgan fingerprint density at radius 1 is 1.24 bits per heavy atom. The second kappa shape index (κ2) is 6.18. The maximum Gasteiger partial charge on any atom is 0.0901 e. The van der Waals surface area contributed by atoms with Gasteiger partial charge in [0.2, 0.25) is 0 Å². The monoisotopic (exact) mass is 300 g/mol. The van der Waals surface area contributed by atoms with Crippen molar-refractivity contribution in [2.75, 3.05) is 5.32 Å². The zero-order valence-corrected chi connectivity index (χ0v) is 13.9. The summed E-state index contributed by atoms with van der Waals surface area (Å²) >= 11 is 1.71. The molecule has 2 aromatic rings. The molecule has 3 unspecified atom stereocenters. The highest BCUT2D eigenvalue weighted by atomic mass is 32.1. The Bertz CT molecular complexity index is 605. The molecule has 1 aromatic heterocycles. The summed E-state index contributed by atoms with van der Waals surface area (Å²) in [5, 5.41) is 7.02. The van der Waals surface area contributed by atoms with Gasteiger partial charge < -0.3 is 5.32 Å². The maximum absolute atomic E-state index is 4.59. The summed E-state index contributed by atoms with van der Waals surface area (Å²) in [5.74, 6) is 1.56. The smallest absolute Gasteiger partial charge is 0.0901 e. The lowest BCUT2D eigenvalue weighted by molar-refractivity contribution is 0.253. The molecular weight excluding hydrogens is 276 g/mol. The lowest BCUT2D eigenvalue weighted by atomic mass is 9.78. The second-order valence-corrected chi connectivity index (χ2v) is 7.41. The van der Waals surface area contributed by atoms with Crippen molar-refractivity contribution in [2.45, 2.75) is 46.1 Å². The number of rotatable bonds is 3. The molecule has 0 bridgehead atoms. The van der Waals surface area contributed by atoms with E-state index in [2.05, 4.69) is 60.7 Å². The van der Waals surface area contributed by atoms with Gasteiger partial charge in [-0.25, -0.2) is 4.98 Å². The first-order valence-electron chi connectivity index (χ1n) is 7.92. The molecule has 3 rings (SSSR count). The minimum absolute atomic E-state index is 0.598. The summed E-state index contributed by atoms with van der Waals surface area (Å²) in [5.41, 5.74) is 3.52. The Hall–Kier alpha value is -1.35. The van der Waals surface area contributed by atoms with Gasteiger partial charge in [-0.1, -0.05) is 38.8 Å². The highest BCUT2D eigenvalue weighted by Crippen LogP contribution is 2.32. The minimum Gasteiger partial charge on any atom is -0.382 e. The zero-order chi connectivity index (χ0) is 14.8. The average Bonchev–Trinajstić information content (AvgIpc) is 2.91. The predicted octanol–water partition coefficient (Wildman–Crippen LogP) is 5.36. The molecule has 1 heterocycles. The molecule has 0 radical (unpaired) electrons. The summed E-state index contributed by atoms with van der Waals surface area (Å²) in [7, 11) is 0. The van der Waals surface area contributed by atoms with E-state index in [9.17, 15) is 0 Å². The molecule has 3 heteroatoms. The molecule has 0 amide bonds. The van der Waals surface area contributed by atoms with Crippen LogP contribution in [0.25, 0.3) is 11.3 Å². The van der Waals surface area contributed by atoms with Gasteiger partial charge in [0, 0.05) is 22.7 Å². The van der Waals surface area contributed by atoms with Crippen LogP contribution in [0.2, 0.25) is 0 Å². The van der Waals surface area contributed by atoms with E-state index in [1.807, 2.05) is 0 Å². The molecule has 0 saturated heterocycles. The van der Waals surface area contributed by atoms with Gasteiger partial charge in [0.1, 0.15) is 0 Å². The molecule has 0 spiro atoms. The number of anilines is 1. The third-order valence-electron chi connectivity index (χ3n) is 4.84. The molecule has 1 saturated carbocycles. The molecule has 1 aliphatic carbocycles.